The molecule has 30 heavy (non-hydrogen) atoms. The van der Waals surface area contributed by atoms with Gasteiger partial charge in [0.1, 0.15) is 17.3 Å². The zero-order valence-electron chi connectivity index (χ0n) is 17.9. The summed E-state index contributed by atoms with van der Waals surface area (Å²) in [6, 6.07) is 10.6. The van der Waals surface area contributed by atoms with Crippen LogP contribution in [0.2, 0.25) is 0 Å². The second-order valence-electron chi connectivity index (χ2n) is 7.70. The van der Waals surface area contributed by atoms with E-state index >= 15 is 0 Å². The van der Waals surface area contributed by atoms with E-state index in [4.69, 9.17) is 9.47 Å². The standard InChI is InChI=1S/C22H28FN3O4/c1-22(2,3)26(13-20(27)24-16-8-6-15(23)7-9-16)14-21(28)25-18-12-17(29-4)10-11-19(18)30-5/h6-12H,13-14H2,1-5H3,(H,24,27)(H,25,28). The van der Waals surface area contributed by atoms with Gasteiger partial charge in [0.05, 0.1) is 33.0 Å². The molecule has 0 heterocycles. The Kier molecular flexibility index (Phi) is 7.77. The van der Waals surface area contributed by atoms with Gasteiger partial charge in [0.25, 0.3) is 0 Å². The van der Waals surface area contributed by atoms with Gasteiger partial charge in [-0.1, -0.05) is 0 Å². The summed E-state index contributed by atoms with van der Waals surface area (Å²) in [4.78, 5) is 26.9. The molecule has 2 aromatic carbocycles. The second-order valence-corrected chi connectivity index (χ2v) is 7.70. The van der Waals surface area contributed by atoms with Crippen molar-refractivity contribution in [3.63, 3.8) is 0 Å². The summed E-state index contributed by atoms with van der Waals surface area (Å²) in [5.41, 5.74) is 0.517. The first-order valence-electron chi connectivity index (χ1n) is 9.44. The lowest BCUT2D eigenvalue weighted by Gasteiger charge is -2.34. The highest BCUT2D eigenvalue weighted by molar-refractivity contribution is 5.95. The van der Waals surface area contributed by atoms with Gasteiger partial charge in [-0.25, -0.2) is 4.39 Å². The quantitative estimate of drug-likeness (QED) is 0.687. The number of nitrogens with zero attached hydrogens (tertiary/aromatic N) is 1. The molecule has 0 aromatic heterocycles. The fraction of sp³-hybridized carbons (Fsp3) is 0.364. The minimum atomic E-state index is -0.448. The Morgan fingerprint density at radius 2 is 1.53 bits per heavy atom. The van der Waals surface area contributed by atoms with Crippen LogP contribution in [0.15, 0.2) is 42.5 Å². The molecule has 0 unspecified atom stereocenters. The summed E-state index contributed by atoms with van der Waals surface area (Å²) < 4.78 is 23.5. The van der Waals surface area contributed by atoms with Crippen molar-refractivity contribution in [1.29, 1.82) is 0 Å². The number of ether oxygens (including phenoxy) is 2. The van der Waals surface area contributed by atoms with Crippen molar-refractivity contribution in [2.75, 3.05) is 37.9 Å². The van der Waals surface area contributed by atoms with Gasteiger partial charge in [-0.05, 0) is 57.2 Å². The Morgan fingerprint density at radius 3 is 2.07 bits per heavy atom. The molecule has 0 aliphatic carbocycles. The third kappa shape index (κ3) is 6.73. The van der Waals surface area contributed by atoms with E-state index in [1.807, 2.05) is 20.8 Å². The predicted molar refractivity (Wildman–Crippen MR) is 115 cm³/mol. The third-order valence-electron chi connectivity index (χ3n) is 4.43. The molecule has 0 saturated heterocycles. The van der Waals surface area contributed by atoms with Crippen LogP contribution in [0.25, 0.3) is 0 Å². The van der Waals surface area contributed by atoms with E-state index in [2.05, 4.69) is 10.6 Å². The number of halogens is 1. The van der Waals surface area contributed by atoms with Crippen LogP contribution in [0.1, 0.15) is 20.8 Å². The average molecular weight is 417 g/mol. The van der Waals surface area contributed by atoms with Gasteiger partial charge in [0, 0.05) is 17.3 Å². The molecule has 0 fully saturated rings. The molecule has 8 heteroatoms. The van der Waals surface area contributed by atoms with Gasteiger partial charge >= 0.3 is 0 Å². The molecule has 0 aliphatic heterocycles. The molecule has 0 bridgehead atoms. The van der Waals surface area contributed by atoms with Gasteiger partial charge in [-0.3, -0.25) is 14.5 Å². The summed E-state index contributed by atoms with van der Waals surface area (Å²) in [6.07, 6.45) is 0. The topological polar surface area (TPSA) is 79.9 Å². The normalized spacial score (nSPS) is 11.2. The summed E-state index contributed by atoms with van der Waals surface area (Å²) in [5.74, 6) is 0.0984. The molecule has 2 amide bonds. The highest BCUT2D eigenvalue weighted by Crippen LogP contribution is 2.29. The van der Waals surface area contributed by atoms with Gasteiger partial charge in [0.2, 0.25) is 11.8 Å². The first-order valence-corrected chi connectivity index (χ1v) is 9.44. The van der Waals surface area contributed by atoms with Crippen molar-refractivity contribution in [3.05, 3.63) is 48.3 Å². The summed E-state index contributed by atoms with van der Waals surface area (Å²) >= 11 is 0. The number of hydrogen-bond acceptors (Lipinski definition) is 5. The minimum Gasteiger partial charge on any atom is -0.497 e. The fourth-order valence-electron chi connectivity index (χ4n) is 2.71. The van der Waals surface area contributed by atoms with Crippen LogP contribution in [0.5, 0.6) is 11.5 Å². The lowest BCUT2D eigenvalue weighted by Crippen LogP contribution is -2.49. The Hall–Kier alpha value is -3.13. The fourth-order valence-corrected chi connectivity index (χ4v) is 2.71. The molecule has 2 N–H and O–H groups in total. The molecule has 2 aromatic rings. The van der Waals surface area contributed by atoms with Crippen molar-refractivity contribution in [2.45, 2.75) is 26.3 Å². The van der Waals surface area contributed by atoms with Crippen LogP contribution in [0.4, 0.5) is 15.8 Å². The number of nitrogens with one attached hydrogen (secondary N) is 2. The molecule has 0 aliphatic rings. The van der Waals surface area contributed by atoms with E-state index in [1.165, 1.54) is 38.5 Å². The zero-order valence-corrected chi connectivity index (χ0v) is 17.9. The molecular weight excluding hydrogens is 389 g/mol. The van der Waals surface area contributed by atoms with Crippen LogP contribution in [-0.2, 0) is 9.59 Å². The highest BCUT2D eigenvalue weighted by Gasteiger charge is 2.26. The SMILES string of the molecule is COc1ccc(OC)c(NC(=O)CN(CC(=O)Nc2ccc(F)cc2)C(C)(C)C)c1. The number of anilines is 2. The molecule has 0 radical (unpaired) electrons. The lowest BCUT2D eigenvalue weighted by atomic mass is 10.1. The van der Waals surface area contributed by atoms with Crippen LogP contribution >= 0.6 is 0 Å². The first-order chi connectivity index (χ1) is 14.1. The highest BCUT2D eigenvalue weighted by atomic mass is 19.1. The number of methoxy groups -OCH3 is 2. The van der Waals surface area contributed by atoms with Crippen molar-refractivity contribution in [1.82, 2.24) is 4.90 Å². The van der Waals surface area contributed by atoms with E-state index < -0.39 is 5.54 Å². The third-order valence-corrected chi connectivity index (χ3v) is 4.43. The largest absolute Gasteiger partial charge is 0.497 e. The van der Waals surface area contributed by atoms with E-state index in [0.717, 1.165) is 0 Å². The molecule has 162 valence electrons. The van der Waals surface area contributed by atoms with Crippen molar-refractivity contribution in [2.24, 2.45) is 0 Å². The molecule has 0 spiro atoms. The maximum absolute atomic E-state index is 13.0. The Bertz CT molecular complexity index is 879. The van der Waals surface area contributed by atoms with Crippen molar-refractivity contribution >= 4 is 23.2 Å². The zero-order chi connectivity index (χ0) is 22.3. The van der Waals surface area contributed by atoms with Gasteiger partial charge in [0.15, 0.2) is 0 Å². The number of amides is 2. The van der Waals surface area contributed by atoms with Gasteiger partial charge in [-0.15, -0.1) is 0 Å². The Morgan fingerprint density at radius 1 is 0.933 bits per heavy atom. The minimum absolute atomic E-state index is 0.0104. The van der Waals surface area contributed by atoms with E-state index in [0.29, 0.717) is 22.9 Å². The summed E-state index contributed by atoms with van der Waals surface area (Å²) in [5, 5.41) is 5.52. The Labute approximate surface area is 176 Å². The lowest BCUT2D eigenvalue weighted by molar-refractivity contribution is -0.122. The van der Waals surface area contributed by atoms with Crippen LogP contribution in [0, 0.1) is 5.82 Å². The number of carbonyl (C=O) groups is 2. The Balaban J connectivity index is 2.06. The molecular formula is C22H28FN3O4. The molecule has 0 atom stereocenters. The van der Waals surface area contributed by atoms with Crippen molar-refractivity contribution in [3.8, 4) is 11.5 Å². The van der Waals surface area contributed by atoms with Gasteiger partial charge in [-0.2, -0.15) is 0 Å². The smallest absolute Gasteiger partial charge is 0.238 e. The number of hydrogen-bond donors (Lipinski definition) is 2. The molecule has 2 rings (SSSR count). The van der Waals surface area contributed by atoms with Gasteiger partial charge < -0.3 is 20.1 Å². The maximum Gasteiger partial charge on any atom is 0.238 e. The maximum atomic E-state index is 13.0. The summed E-state index contributed by atoms with van der Waals surface area (Å²) in [6.45, 7) is 5.72. The van der Waals surface area contributed by atoms with E-state index in [-0.39, 0.29) is 30.7 Å². The predicted octanol–water partition coefficient (Wildman–Crippen LogP) is 3.52. The monoisotopic (exact) mass is 417 g/mol. The number of carbonyl (C=O) groups excluding carboxylic acids is 2. The second kappa shape index (κ2) is 10.1. The summed E-state index contributed by atoms with van der Waals surface area (Å²) in [7, 11) is 3.05. The van der Waals surface area contributed by atoms with E-state index in [9.17, 15) is 14.0 Å². The van der Waals surface area contributed by atoms with E-state index in [1.54, 1.807) is 23.1 Å². The first kappa shape index (κ1) is 23.2. The van der Waals surface area contributed by atoms with Crippen LogP contribution in [-0.4, -0.2) is 49.6 Å². The van der Waals surface area contributed by atoms with Crippen LogP contribution < -0.4 is 20.1 Å². The van der Waals surface area contributed by atoms with Crippen molar-refractivity contribution < 1.29 is 23.5 Å². The molecule has 7 nitrogen and oxygen atoms in total. The van der Waals surface area contributed by atoms with Crippen LogP contribution in [0.3, 0.4) is 0 Å². The number of rotatable bonds is 8. The number of benzene rings is 2. The average Bonchev–Trinajstić information content (AvgIpc) is 2.68. The molecule has 0 saturated carbocycles.